The first-order valence-corrected chi connectivity index (χ1v) is 13.1. The molecule has 0 spiro atoms. The van der Waals surface area contributed by atoms with E-state index in [0.29, 0.717) is 23.8 Å². The third-order valence-electron chi connectivity index (χ3n) is 5.35. The van der Waals surface area contributed by atoms with Gasteiger partial charge in [0.2, 0.25) is 5.91 Å². The fraction of sp³-hybridized carbons (Fsp3) is 0.296. The molecule has 3 rings (SSSR count). The van der Waals surface area contributed by atoms with Gasteiger partial charge in [0.1, 0.15) is 24.7 Å². The number of ether oxygens (including phenoxy) is 2. The monoisotopic (exact) mass is 496 g/mol. The number of hydrogen-bond donors (Lipinski definition) is 1. The number of amides is 1. The number of rotatable bonds is 12. The Morgan fingerprint density at radius 2 is 1.60 bits per heavy atom. The molecule has 0 saturated heterocycles. The van der Waals surface area contributed by atoms with Gasteiger partial charge in [-0.05, 0) is 62.2 Å². The topological polar surface area (TPSA) is 84.9 Å². The first-order valence-electron chi connectivity index (χ1n) is 11.6. The van der Waals surface area contributed by atoms with Crippen molar-refractivity contribution in [2.75, 3.05) is 30.6 Å². The lowest BCUT2D eigenvalue weighted by molar-refractivity contribution is -0.119. The van der Waals surface area contributed by atoms with Gasteiger partial charge >= 0.3 is 0 Å². The number of sulfonamides is 1. The number of nitrogens with one attached hydrogen (secondary N) is 1. The molecular weight excluding hydrogens is 464 g/mol. The molecule has 0 atom stereocenters. The van der Waals surface area contributed by atoms with Gasteiger partial charge in [0.25, 0.3) is 10.0 Å². The minimum absolute atomic E-state index is 0.0982. The van der Waals surface area contributed by atoms with E-state index in [1.807, 2.05) is 38.1 Å². The number of para-hydroxylation sites is 2. The molecule has 0 radical (unpaired) electrons. The summed E-state index contributed by atoms with van der Waals surface area (Å²) in [6, 6.07) is 21.1. The molecule has 35 heavy (non-hydrogen) atoms. The van der Waals surface area contributed by atoms with Crippen molar-refractivity contribution in [2.24, 2.45) is 0 Å². The van der Waals surface area contributed by atoms with E-state index in [-0.39, 0.29) is 18.0 Å². The smallest absolute Gasteiger partial charge is 0.264 e. The maximum absolute atomic E-state index is 13.6. The molecule has 0 aliphatic carbocycles. The third kappa shape index (κ3) is 6.99. The van der Waals surface area contributed by atoms with Crippen LogP contribution in [0.4, 0.5) is 5.69 Å². The van der Waals surface area contributed by atoms with Crippen molar-refractivity contribution in [1.82, 2.24) is 5.32 Å². The number of benzene rings is 3. The minimum atomic E-state index is -4.03. The highest BCUT2D eigenvalue weighted by molar-refractivity contribution is 7.92. The fourth-order valence-corrected chi connectivity index (χ4v) is 4.88. The van der Waals surface area contributed by atoms with Crippen LogP contribution in [0, 0.1) is 6.92 Å². The quantitative estimate of drug-likeness (QED) is 0.377. The molecule has 8 heteroatoms. The van der Waals surface area contributed by atoms with Gasteiger partial charge in [-0.25, -0.2) is 8.42 Å². The Balaban J connectivity index is 1.74. The average molecular weight is 497 g/mol. The number of carbonyl (C=O) groups is 1. The second kappa shape index (κ2) is 12.3. The van der Waals surface area contributed by atoms with Crippen LogP contribution in [-0.2, 0) is 21.2 Å². The van der Waals surface area contributed by atoms with E-state index >= 15 is 0 Å². The average Bonchev–Trinajstić information content (AvgIpc) is 2.86. The molecule has 0 aliphatic heterocycles. The van der Waals surface area contributed by atoms with Gasteiger partial charge in [-0.3, -0.25) is 9.10 Å². The van der Waals surface area contributed by atoms with Crippen LogP contribution in [0.25, 0.3) is 0 Å². The number of anilines is 1. The van der Waals surface area contributed by atoms with Crippen molar-refractivity contribution in [3.8, 4) is 11.5 Å². The summed E-state index contributed by atoms with van der Waals surface area (Å²) in [5.74, 6) is 0.653. The Hall–Kier alpha value is -3.52. The van der Waals surface area contributed by atoms with Crippen LogP contribution >= 0.6 is 0 Å². The first kappa shape index (κ1) is 26.1. The summed E-state index contributed by atoms with van der Waals surface area (Å²) in [4.78, 5) is 12.9. The Morgan fingerprint density at radius 1 is 0.914 bits per heavy atom. The normalized spacial score (nSPS) is 11.1. The van der Waals surface area contributed by atoms with Gasteiger partial charge in [0, 0.05) is 0 Å². The van der Waals surface area contributed by atoms with Crippen molar-refractivity contribution in [3.63, 3.8) is 0 Å². The fourth-order valence-electron chi connectivity index (χ4n) is 3.44. The first-order chi connectivity index (χ1) is 16.8. The van der Waals surface area contributed by atoms with Gasteiger partial charge in [0.05, 0.1) is 23.7 Å². The summed E-state index contributed by atoms with van der Waals surface area (Å²) < 4.78 is 39.6. The van der Waals surface area contributed by atoms with Crippen LogP contribution in [0.5, 0.6) is 11.5 Å². The van der Waals surface area contributed by atoms with E-state index in [4.69, 9.17) is 9.47 Å². The molecule has 186 valence electrons. The maximum Gasteiger partial charge on any atom is 0.264 e. The predicted molar refractivity (Wildman–Crippen MR) is 138 cm³/mol. The zero-order valence-electron chi connectivity index (χ0n) is 20.4. The summed E-state index contributed by atoms with van der Waals surface area (Å²) >= 11 is 0. The highest BCUT2D eigenvalue weighted by Crippen LogP contribution is 2.32. The van der Waals surface area contributed by atoms with Crippen LogP contribution in [0.2, 0.25) is 0 Å². The van der Waals surface area contributed by atoms with Gasteiger partial charge in [-0.1, -0.05) is 48.9 Å². The summed E-state index contributed by atoms with van der Waals surface area (Å²) in [6.07, 6.45) is 0.949. The second-order valence-electron chi connectivity index (χ2n) is 7.92. The van der Waals surface area contributed by atoms with Crippen LogP contribution in [0.3, 0.4) is 0 Å². The highest BCUT2D eigenvalue weighted by Gasteiger charge is 2.29. The molecule has 0 aromatic heterocycles. The molecule has 1 amide bonds. The second-order valence-corrected chi connectivity index (χ2v) is 9.78. The Labute approximate surface area is 207 Å². The lowest BCUT2D eigenvalue weighted by atomic mass is 10.2. The van der Waals surface area contributed by atoms with Gasteiger partial charge < -0.3 is 14.8 Å². The van der Waals surface area contributed by atoms with Crippen molar-refractivity contribution >= 4 is 21.6 Å². The zero-order valence-corrected chi connectivity index (χ0v) is 21.2. The molecule has 3 aromatic carbocycles. The molecule has 7 nitrogen and oxygen atoms in total. The van der Waals surface area contributed by atoms with Crippen molar-refractivity contribution in [3.05, 3.63) is 83.9 Å². The lowest BCUT2D eigenvalue weighted by Crippen LogP contribution is -2.42. The Kier molecular flexibility index (Phi) is 9.14. The number of hydrogen-bond acceptors (Lipinski definition) is 5. The molecular formula is C27H32N2O5S. The van der Waals surface area contributed by atoms with E-state index in [1.165, 1.54) is 17.7 Å². The van der Waals surface area contributed by atoms with Gasteiger partial charge in [0.15, 0.2) is 0 Å². The molecule has 0 unspecified atom stereocenters. The molecule has 0 fully saturated rings. The summed E-state index contributed by atoms with van der Waals surface area (Å²) in [7, 11) is -4.03. The molecule has 1 N–H and O–H groups in total. The molecule has 0 bridgehead atoms. The predicted octanol–water partition coefficient (Wildman–Crippen LogP) is 4.35. The summed E-state index contributed by atoms with van der Waals surface area (Å²) in [6.45, 7) is 6.24. The lowest BCUT2D eigenvalue weighted by Gasteiger charge is -2.26. The van der Waals surface area contributed by atoms with E-state index in [2.05, 4.69) is 12.2 Å². The van der Waals surface area contributed by atoms with Crippen molar-refractivity contribution in [2.45, 2.75) is 32.1 Å². The molecule has 0 saturated carbocycles. The van der Waals surface area contributed by atoms with Crippen molar-refractivity contribution < 1.29 is 22.7 Å². The van der Waals surface area contributed by atoms with E-state index in [0.717, 1.165) is 16.3 Å². The van der Waals surface area contributed by atoms with E-state index < -0.39 is 22.5 Å². The van der Waals surface area contributed by atoms with Crippen molar-refractivity contribution in [1.29, 1.82) is 0 Å². The minimum Gasteiger partial charge on any atom is -0.492 e. The van der Waals surface area contributed by atoms with Crippen LogP contribution in [0.15, 0.2) is 77.7 Å². The van der Waals surface area contributed by atoms with Crippen LogP contribution in [-0.4, -0.2) is 40.6 Å². The summed E-state index contributed by atoms with van der Waals surface area (Å²) in [5, 5.41) is 2.75. The summed E-state index contributed by atoms with van der Waals surface area (Å²) in [5.41, 5.74) is 2.46. The molecule has 3 aromatic rings. The van der Waals surface area contributed by atoms with Crippen LogP contribution < -0.4 is 19.1 Å². The maximum atomic E-state index is 13.6. The number of aryl methyl sites for hydroxylation is 2. The Morgan fingerprint density at radius 3 is 2.26 bits per heavy atom. The molecule has 0 aliphatic rings. The highest BCUT2D eigenvalue weighted by atomic mass is 32.2. The largest absolute Gasteiger partial charge is 0.492 e. The SMILES string of the molecule is CCOc1ccccc1N(CC(=O)NCCOc1ccc(CC)cc1)S(=O)(=O)c1ccc(C)cc1. The van der Waals surface area contributed by atoms with E-state index in [1.54, 1.807) is 36.4 Å². The van der Waals surface area contributed by atoms with Crippen LogP contribution in [0.1, 0.15) is 25.0 Å². The van der Waals surface area contributed by atoms with Gasteiger partial charge in [-0.2, -0.15) is 0 Å². The standard InChI is InChI=1S/C27H32N2O5S/c1-4-22-12-14-23(15-13-22)34-19-18-28-27(30)20-29(25-8-6-7-9-26(25)33-5-2)35(31,32)24-16-10-21(3)11-17-24/h6-17H,4-5,18-20H2,1-3H3,(H,28,30). The third-order valence-corrected chi connectivity index (χ3v) is 7.13. The van der Waals surface area contributed by atoms with Gasteiger partial charge in [-0.15, -0.1) is 0 Å². The Bertz CT molecular complexity index is 1210. The van der Waals surface area contributed by atoms with E-state index in [9.17, 15) is 13.2 Å². The number of carbonyl (C=O) groups excluding carboxylic acids is 1. The molecule has 0 heterocycles. The zero-order chi connectivity index (χ0) is 25.3. The number of nitrogens with zero attached hydrogens (tertiary/aromatic N) is 1.